The number of aliphatic carboxylic acids is 1. The maximum atomic E-state index is 12.2. The number of carboxylic acid groups (broad SMARTS) is 1. The maximum absolute atomic E-state index is 12.2. The van der Waals surface area contributed by atoms with Gasteiger partial charge in [-0.15, -0.1) is 0 Å². The number of carbonyl (C=O) groups is 2. The van der Waals surface area contributed by atoms with E-state index in [1.807, 2.05) is 23.1 Å². The molecule has 2 N–H and O–H groups in total. The summed E-state index contributed by atoms with van der Waals surface area (Å²) in [5.74, 6) is -0.862. The van der Waals surface area contributed by atoms with Crippen molar-refractivity contribution in [2.75, 3.05) is 6.54 Å². The highest BCUT2D eigenvalue weighted by atomic mass is 16.4. The van der Waals surface area contributed by atoms with Crippen LogP contribution in [0.15, 0.2) is 24.3 Å². The number of urea groups is 1. The monoisotopic (exact) mass is 290 g/mol. The lowest BCUT2D eigenvalue weighted by atomic mass is 10.0. The fourth-order valence-electron chi connectivity index (χ4n) is 2.87. The number of nitrogens with one attached hydrogen (secondary N) is 1. The highest BCUT2D eigenvalue weighted by Crippen LogP contribution is 2.19. The molecule has 2 amide bonds. The van der Waals surface area contributed by atoms with Crippen LogP contribution < -0.4 is 5.32 Å². The average Bonchev–Trinajstić information content (AvgIpc) is 2.94. The van der Waals surface area contributed by atoms with Crippen LogP contribution in [-0.2, 0) is 17.8 Å². The summed E-state index contributed by atoms with van der Waals surface area (Å²) < 4.78 is 0. The number of hydrogen-bond donors (Lipinski definition) is 2. The number of amides is 2. The Morgan fingerprint density at radius 2 is 2.05 bits per heavy atom. The van der Waals surface area contributed by atoms with E-state index in [0.717, 1.165) is 36.9 Å². The van der Waals surface area contributed by atoms with Crippen molar-refractivity contribution in [3.8, 4) is 0 Å². The van der Waals surface area contributed by atoms with Gasteiger partial charge >= 0.3 is 12.0 Å². The molecule has 5 heteroatoms. The van der Waals surface area contributed by atoms with Crippen molar-refractivity contribution in [3.63, 3.8) is 0 Å². The molecule has 0 spiro atoms. The van der Waals surface area contributed by atoms with Crippen LogP contribution in [-0.4, -0.2) is 34.6 Å². The predicted octanol–water partition coefficient (Wildman–Crippen LogP) is 2.40. The Hall–Kier alpha value is -2.04. The maximum Gasteiger partial charge on any atom is 0.317 e. The van der Waals surface area contributed by atoms with Crippen LogP contribution in [0.4, 0.5) is 4.79 Å². The topological polar surface area (TPSA) is 69.6 Å². The molecule has 0 saturated carbocycles. The van der Waals surface area contributed by atoms with E-state index in [9.17, 15) is 9.59 Å². The summed E-state index contributed by atoms with van der Waals surface area (Å²) in [6, 6.07) is 7.61. The number of hydrogen-bond acceptors (Lipinski definition) is 2. The molecule has 0 radical (unpaired) electrons. The fourth-order valence-corrected chi connectivity index (χ4v) is 2.87. The van der Waals surface area contributed by atoms with E-state index >= 15 is 0 Å². The minimum Gasteiger partial charge on any atom is -0.481 e. The minimum absolute atomic E-state index is 0.0205. The zero-order chi connectivity index (χ0) is 15.2. The number of likely N-dealkylation sites (tertiary alicyclic amines) is 1. The first-order valence-electron chi connectivity index (χ1n) is 7.45. The van der Waals surface area contributed by atoms with E-state index in [2.05, 4.69) is 12.2 Å². The standard InChI is InChI=1S/C16H22N2O3/c1-2-14-8-5-9-18(14)16(21)17-11-13-7-4-3-6-12(13)10-15(19)20/h3-4,6-7,14H,2,5,8-11H2,1H3,(H,17,21)(H,19,20). The summed E-state index contributed by atoms with van der Waals surface area (Å²) in [5, 5.41) is 11.8. The third-order valence-corrected chi connectivity index (χ3v) is 4.00. The minimum atomic E-state index is -0.862. The molecule has 21 heavy (non-hydrogen) atoms. The molecule has 1 unspecified atom stereocenters. The molecule has 0 aromatic heterocycles. The van der Waals surface area contributed by atoms with Gasteiger partial charge in [-0.2, -0.15) is 0 Å². The number of carbonyl (C=O) groups excluding carboxylic acids is 1. The normalized spacial score (nSPS) is 17.8. The van der Waals surface area contributed by atoms with E-state index in [1.165, 1.54) is 0 Å². The first-order valence-corrected chi connectivity index (χ1v) is 7.45. The lowest BCUT2D eigenvalue weighted by Gasteiger charge is -2.24. The van der Waals surface area contributed by atoms with E-state index < -0.39 is 5.97 Å². The Labute approximate surface area is 125 Å². The molecule has 5 nitrogen and oxygen atoms in total. The second kappa shape index (κ2) is 7.11. The molecule has 1 saturated heterocycles. The molecule has 1 aliphatic heterocycles. The van der Waals surface area contributed by atoms with Crippen molar-refractivity contribution in [2.45, 2.75) is 45.2 Å². The fraction of sp³-hybridized carbons (Fsp3) is 0.500. The molecule has 0 bridgehead atoms. The number of carboxylic acids is 1. The van der Waals surface area contributed by atoms with E-state index in [-0.39, 0.29) is 12.5 Å². The zero-order valence-corrected chi connectivity index (χ0v) is 12.3. The van der Waals surface area contributed by atoms with Crippen molar-refractivity contribution >= 4 is 12.0 Å². The molecule has 1 heterocycles. The van der Waals surface area contributed by atoms with Gasteiger partial charge in [0.1, 0.15) is 0 Å². The first-order chi connectivity index (χ1) is 10.1. The molecule has 2 rings (SSSR count). The predicted molar refractivity (Wildman–Crippen MR) is 80.0 cm³/mol. The number of benzene rings is 1. The van der Waals surface area contributed by atoms with Gasteiger partial charge in [-0.05, 0) is 30.4 Å². The summed E-state index contributed by atoms with van der Waals surface area (Å²) in [6.45, 7) is 3.27. The molecule has 1 fully saturated rings. The van der Waals surface area contributed by atoms with E-state index in [4.69, 9.17) is 5.11 Å². The Balaban J connectivity index is 1.96. The Morgan fingerprint density at radius 1 is 1.33 bits per heavy atom. The van der Waals surface area contributed by atoms with Gasteiger partial charge in [-0.25, -0.2) is 4.79 Å². The van der Waals surface area contributed by atoms with Crippen LogP contribution in [0.5, 0.6) is 0 Å². The molecular weight excluding hydrogens is 268 g/mol. The smallest absolute Gasteiger partial charge is 0.317 e. The van der Waals surface area contributed by atoms with Gasteiger partial charge in [-0.1, -0.05) is 31.2 Å². The molecule has 1 atom stereocenters. The Bertz CT molecular complexity index is 516. The molecule has 114 valence electrons. The Kier molecular flexibility index (Phi) is 5.20. The summed E-state index contributed by atoms with van der Waals surface area (Å²) in [5.41, 5.74) is 1.61. The first kappa shape index (κ1) is 15.4. The second-order valence-electron chi connectivity index (χ2n) is 5.40. The number of nitrogens with zero attached hydrogens (tertiary/aromatic N) is 1. The van der Waals surface area contributed by atoms with Crippen molar-refractivity contribution in [1.29, 1.82) is 0 Å². The zero-order valence-electron chi connectivity index (χ0n) is 12.3. The molecule has 0 aliphatic carbocycles. The van der Waals surface area contributed by atoms with Crippen LogP contribution in [0.3, 0.4) is 0 Å². The van der Waals surface area contributed by atoms with Gasteiger partial charge in [0.2, 0.25) is 0 Å². The molecule has 1 aliphatic rings. The molecule has 1 aromatic rings. The van der Waals surface area contributed by atoms with Crippen LogP contribution in [0.1, 0.15) is 37.3 Å². The summed E-state index contributed by atoms with van der Waals surface area (Å²) in [4.78, 5) is 25.0. The summed E-state index contributed by atoms with van der Waals surface area (Å²) in [7, 11) is 0. The third kappa shape index (κ3) is 3.97. The van der Waals surface area contributed by atoms with Crippen molar-refractivity contribution < 1.29 is 14.7 Å². The van der Waals surface area contributed by atoms with Crippen LogP contribution in [0, 0.1) is 0 Å². The average molecular weight is 290 g/mol. The highest BCUT2D eigenvalue weighted by Gasteiger charge is 2.26. The number of rotatable bonds is 5. The van der Waals surface area contributed by atoms with Crippen LogP contribution in [0.25, 0.3) is 0 Å². The summed E-state index contributed by atoms with van der Waals surface area (Å²) >= 11 is 0. The van der Waals surface area contributed by atoms with Crippen molar-refractivity contribution in [1.82, 2.24) is 10.2 Å². The van der Waals surface area contributed by atoms with Crippen molar-refractivity contribution in [3.05, 3.63) is 35.4 Å². The van der Waals surface area contributed by atoms with Crippen LogP contribution >= 0.6 is 0 Å². The van der Waals surface area contributed by atoms with Gasteiger partial charge in [-0.3, -0.25) is 4.79 Å². The lowest BCUT2D eigenvalue weighted by Crippen LogP contribution is -2.42. The van der Waals surface area contributed by atoms with Crippen molar-refractivity contribution in [2.24, 2.45) is 0 Å². The Morgan fingerprint density at radius 3 is 2.71 bits per heavy atom. The lowest BCUT2D eigenvalue weighted by molar-refractivity contribution is -0.136. The molecule has 1 aromatic carbocycles. The van der Waals surface area contributed by atoms with Gasteiger partial charge in [0.15, 0.2) is 0 Å². The highest BCUT2D eigenvalue weighted by molar-refractivity contribution is 5.75. The SMILES string of the molecule is CCC1CCCN1C(=O)NCc1ccccc1CC(=O)O. The van der Waals surface area contributed by atoms with E-state index in [1.54, 1.807) is 6.07 Å². The molecular formula is C16H22N2O3. The second-order valence-corrected chi connectivity index (χ2v) is 5.40. The van der Waals surface area contributed by atoms with Gasteiger partial charge in [0.25, 0.3) is 0 Å². The van der Waals surface area contributed by atoms with Gasteiger partial charge in [0.05, 0.1) is 6.42 Å². The van der Waals surface area contributed by atoms with Gasteiger partial charge < -0.3 is 15.3 Å². The van der Waals surface area contributed by atoms with Crippen LogP contribution in [0.2, 0.25) is 0 Å². The quantitative estimate of drug-likeness (QED) is 0.875. The largest absolute Gasteiger partial charge is 0.481 e. The third-order valence-electron chi connectivity index (χ3n) is 4.00. The summed E-state index contributed by atoms with van der Waals surface area (Å²) in [6.07, 6.45) is 3.08. The van der Waals surface area contributed by atoms with Gasteiger partial charge in [0, 0.05) is 19.1 Å². The van der Waals surface area contributed by atoms with E-state index in [0.29, 0.717) is 12.6 Å².